The molecule has 0 unspecified atom stereocenters. The molecule has 0 aliphatic heterocycles. The van der Waals surface area contributed by atoms with E-state index in [0.717, 1.165) is 10.6 Å². The maximum Gasteiger partial charge on any atom is 0.317 e. The van der Waals surface area contributed by atoms with E-state index in [2.05, 4.69) is 23.3 Å². The first-order chi connectivity index (χ1) is 9.58. The third-order valence-electron chi connectivity index (χ3n) is 3.18. The molecule has 0 saturated carbocycles. The second-order valence-corrected chi connectivity index (χ2v) is 5.75. The van der Waals surface area contributed by atoms with E-state index in [1.165, 1.54) is 5.56 Å². The van der Waals surface area contributed by atoms with Gasteiger partial charge in [0.15, 0.2) is 0 Å². The molecule has 2 rings (SSSR count). The van der Waals surface area contributed by atoms with E-state index >= 15 is 0 Å². The number of urea groups is 1. The van der Waals surface area contributed by atoms with Crippen LogP contribution in [0.3, 0.4) is 0 Å². The van der Waals surface area contributed by atoms with Gasteiger partial charge in [-0.15, -0.1) is 11.3 Å². The number of thiazole rings is 1. The van der Waals surface area contributed by atoms with Gasteiger partial charge in [-0.2, -0.15) is 0 Å². The average Bonchev–Trinajstić information content (AvgIpc) is 2.95. The van der Waals surface area contributed by atoms with Gasteiger partial charge in [-0.1, -0.05) is 24.3 Å². The summed E-state index contributed by atoms with van der Waals surface area (Å²) < 4.78 is 0. The fourth-order valence-corrected chi connectivity index (χ4v) is 2.57. The van der Waals surface area contributed by atoms with Crippen molar-refractivity contribution in [3.8, 4) is 0 Å². The highest BCUT2D eigenvalue weighted by molar-refractivity contribution is 7.09. The van der Waals surface area contributed by atoms with Crippen molar-refractivity contribution >= 4 is 17.4 Å². The van der Waals surface area contributed by atoms with Gasteiger partial charge in [0.05, 0.1) is 6.04 Å². The molecule has 1 aromatic heterocycles. The van der Waals surface area contributed by atoms with E-state index in [0.29, 0.717) is 6.54 Å². The Morgan fingerprint density at radius 3 is 2.85 bits per heavy atom. The SMILES string of the molecule is Cc1ccccc1CN(C)C(=O)N[C@@H](C)c1nccs1. The van der Waals surface area contributed by atoms with Gasteiger partial charge < -0.3 is 10.2 Å². The van der Waals surface area contributed by atoms with Gasteiger partial charge in [0.1, 0.15) is 5.01 Å². The van der Waals surface area contributed by atoms with Gasteiger partial charge in [0, 0.05) is 25.2 Å². The van der Waals surface area contributed by atoms with Crippen LogP contribution in [0.2, 0.25) is 0 Å². The van der Waals surface area contributed by atoms with Crippen LogP contribution in [0.25, 0.3) is 0 Å². The summed E-state index contributed by atoms with van der Waals surface area (Å²) in [6.45, 7) is 4.60. The molecule has 0 aliphatic rings. The minimum atomic E-state index is -0.0871. The molecule has 2 aromatic rings. The van der Waals surface area contributed by atoms with E-state index in [1.807, 2.05) is 30.5 Å². The summed E-state index contributed by atoms with van der Waals surface area (Å²) in [6.07, 6.45) is 1.75. The number of aryl methyl sites for hydroxylation is 1. The second-order valence-electron chi connectivity index (χ2n) is 4.82. The normalized spacial score (nSPS) is 11.9. The Labute approximate surface area is 123 Å². The largest absolute Gasteiger partial charge is 0.329 e. The third kappa shape index (κ3) is 3.57. The number of hydrogen-bond donors (Lipinski definition) is 1. The first-order valence-electron chi connectivity index (χ1n) is 6.53. The van der Waals surface area contributed by atoms with Crippen molar-refractivity contribution in [3.63, 3.8) is 0 Å². The van der Waals surface area contributed by atoms with Crippen molar-refractivity contribution in [1.82, 2.24) is 15.2 Å². The number of carbonyl (C=O) groups excluding carboxylic acids is 1. The maximum absolute atomic E-state index is 12.2. The third-order valence-corrected chi connectivity index (χ3v) is 4.14. The molecule has 5 heteroatoms. The van der Waals surface area contributed by atoms with Gasteiger partial charge in [-0.25, -0.2) is 9.78 Å². The summed E-state index contributed by atoms with van der Waals surface area (Å²) in [6, 6.07) is 7.94. The molecule has 1 atom stereocenters. The van der Waals surface area contributed by atoms with Crippen LogP contribution in [0.5, 0.6) is 0 Å². The lowest BCUT2D eigenvalue weighted by molar-refractivity contribution is 0.203. The van der Waals surface area contributed by atoms with E-state index in [1.54, 1.807) is 29.5 Å². The first kappa shape index (κ1) is 14.5. The molecule has 1 heterocycles. The van der Waals surface area contributed by atoms with Gasteiger partial charge >= 0.3 is 6.03 Å². The molecule has 0 spiro atoms. The molecule has 20 heavy (non-hydrogen) atoms. The zero-order valence-corrected chi connectivity index (χ0v) is 12.8. The Bertz CT molecular complexity index is 568. The first-order valence-corrected chi connectivity index (χ1v) is 7.41. The Morgan fingerprint density at radius 1 is 1.45 bits per heavy atom. The molecular weight excluding hydrogens is 270 g/mol. The van der Waals surface area contributed by atoms with Crippen molar-refractivity contribution in [1.29, 1.82) is 0 Å². The average molecular weight is 289 g/mol. The zero-order valence-electron chi connectivity index (χ0n) is 12.0. The van der Waals surface area contributed by atoms with Crippen molar-refractivity contribution in [2.45, 2.75) is 26.4 Å². The van der Waals surface area contributed by atoms with E-state index in [4.69, 9.17) is 0 Å². The highest BCUT2D eigenvalue weighted by Crippen LogP contribution is 2.15. The van der Waals surface area contributed by atoms with Crippen molar-refractivity contribution < 1.29 is 4.79 Å². The number of carbonyl (C=O) groups is 1. The van der Waals surface area contributed by atoms with Crippen LogP contribution >= 0.6 is 11.3 Å². The molecular formula is C15H19N3OS. The van der Waals surface area contributed by atoms with Gasteiger partial charge in [-0.05, 0) is 25.0 Å². The Balaban J connectivity index is 1.94. The van der Waals surface area contributed by atoms with Crippen LogP contribution in [0, 0.1) is 6.92 Å². The van der Waals surface area contributed by atoms with Crippen LogP contribution in [0.15, 0.2) is 35.8 Å². The number of nitrogens with one attached hydrogen (secondary N) is 1. The molecule has 2 amide bonds. The molecule has 0 fully saturated rings. The summed E-state index contributed by atoms with van der Waals surface area (Å²) in [7, 11) is 1.80. The van der Waals surface area contributed by atoms with Crippen LogP contribution in [-0.4, -0.2) is 23.0 Å². The monoisotopic (exact) mass is 289 g/mol. The Kier molecular flexibility index (Phi) is 4.74. The summed E-state index contributed by atoms with van der Waals surface area (Å²) >= 11 is 1.55. The van der Waals surface area contributed by atoms with Gasteiger partial charge in [0.2, 0.25) is 0 Å². The predicted molar refractivity (Wildman–Crippen MR) is 81.7 cm³/mol. The predicted octanol–water partition coefficient (Wildman–Crippen LogP) is 3.35. The van der Waals surface area contributed by atoms with Crippen LogP contribution in [0.1, 0.15) is 29.1 Å². The molecule has 0 radical (unpaired) electrons. The van der Waals surface area contributed by atoms with E-state index in [9.17, 15) is 4.79 Å². The van der Waals surface area contributed by atoms with Crippen molar-refractivity contribution in [2.24, 2.45) is 0 Å². The summed E-state index contributed by atoms with van der Waals surface area (Å²) in [5, 5.41) is 5.79. The second kappa shape index (κ2) is 6.52. The lowest BCUT2D eigenvalue weighted by Gasteiger charge is -2.21. The van der Waals surface area contributed by atoms with Crippen LogP contribution in [-0.2, 0) is 6.54 Å². The summed E-state index contributed by atoms with van der Waals surface area (Å²) in [5.41, 5.74) is 2.35. The molecule has 4 nitrogen and oxygen atoms in total. The topological polar surface area (TPSA) is 45.2 Å². The minimum absolute atomic E-state index is 0.0678. The summed E-state index contributed by atoms with van der Waals surface area (Å²) in [4.78, 5) is 18.1. The lowest BCUT2D eigenvalue weighted by Crippen LogP contribution is -2.38. The number of rotatable bonds is 4. The highest BCUT2D eigenvalue weighted by atomic mass is 32.1. The van der Waals surface area contributed by atoms with Crippen LogP contribution in [0.4, 0.5) is 4.79 Å². The van der Waals surface area contributed by atoms with Crippen LogP contribution < -0.4 is 5.32 Å². The number of nitrogens with zero attached hydrogens (tertiary/aromatic N) is 2. The zero-order chi connectivity index (χ0) is 14.5. The van der Waals surface area contributed by atoms with E-state index < -0.39 is 0 Å². The summed E-state index contributed by atoms with van der Waals surface area (Å²) in [5.74, 6) is 0. The standard InChI is InChI=1S/C15H19N3OS/c1-11-6-4-5-7-13(11)10-18(3)15(19)17-12(2)14-16-8-9-20-14/h4-9,12H,10H2,1-3H3,(H,17,19)/t12-/m0/s1. The fraction of sp³-hybridized carbons (Fsp3) is 0.333. The Hall–Kier alpha value is -1.88. The smallest absolute Gasteiger partial charge is 0.317 e. The van der Waals surface area contributed by atoms with Crippen molar-refractivity contribution in [2.75, 3.05) is 7.05 Å². The number of hydrogen-bond acceptors (Lipinski definition) is 3. The molecule has 1 N–H and O–H groups in total. The number of aromatic nitrogens is 1. The minimum Gasteiger partial charge on any atom is -0.329 e. The van der Waals surface area contributed by atoms with E-state index in [-0.39, 0.29) is 12.1 Å². The number of benzene rings is 1. The fourth-order valence-electron chi connectivity index (χ4n) is 1.92. The molecule has 0 aliphatic carbocycles. The Morgan fingerprint density at radius 2 is 2.20 bits per heavy atom. The molecule has 0 saturated heterocycles. The van der Waals surface area contributed by atoms with Gasteiger partial charge in [0.25, 0.3) is 0 Å². The maximum atomic E-state index is 12.2. The van der Waals surface area contributed by atoms with Gasteiger partial charge in [-0.3, -0.25) is 0 Å². The molecule has 0 bridgehead atoms. The number of amides is 2. The molecule has 106 valence electrons. The van der Waals surface area contributed by atoms with Crippen molar-refractivity contribution in [3.05, 3.63) is 52.0 Å². The quantitative estimate of drug-likeness (QED) is 0.938. The lowest BCUT2D eigenvalue weighted by atomic mass is 10.1. The molecule has 1 aromatic carbocycles. The highest BCUT2D eigenvalue weighted by Gasteiger charge is 2.15.